The summed E-state index contributed by atoms with van der Waals surface area (Å²) in [6, 6.07) is 16.5. The summed E-state index contributed by atoms with van der Waals surface area (Å²) in [6.07, 6.45) is 0. The summed E-state index contributed by atoms with van der Waals surface area (Å²) in [6.45, 7) is 8.23. The minimum atomic E-state index is -4.23. The van der Waals surface area contributed by atoms with E-state index in [0.717, 1.165) is 9.87 Å². The summed E-state index contributed by atoms with van der Waals surface area (Å²) >= 11 is 18.9. The number of nitrogens with one attached hydrogen (secondary N) is 1. The Balaban J connectivity index is 2.07. The molecular weight excluding hydrogens is 593 g/mol. The van der Waals surface area contributed by atoms with E-state index >= 15 is 0 Å². The van der Waals surface area contributed by atoms with Gasteiger partial charge in [0.05, 0.1) is 15.6 Å². The number of nitrogens with zero attached hydrogens (tertiary/aromatic N) is 2. The molecule has 0 aliphatic rings. The first-order valence-electron chi connectivity index (χ1n) is 12.5. The molecule has 11 heteroatoms. The molecule has 0 aromatic heterocycles. The zero-order valence-electron chi connectivity index (χ0n) is 22.9. The Morgan fingerprint density at radius 2 is 1.55 bits per heavy atom. The van der Waals surface area contributed by atoms with Gasteiger partial charge in [-0.2, -0.15) is 0 Å². The molecule has 0 fully saturated rings. The number of hydrogen-bond donors (Lipinski definition) is 1. The van der Waals surface area contributed by atoms with Crippen LogP contribution in [-0.4, -0.2) is 43.3 Å². The van der Waals surface area contributed by atoms with Crippen LogP contribution < -0.4 is 9.62 Å². The molecule has 7 nitrogen and oxygen atoms in total. The van der Waals surface area contributed by atoms with Gasteiger partial charge in [-0.05, 0) is 76.6 Å². The van der Waals surface area contributed by atoms with Gasteiger partial charge in [-0.1, -0.05) is 70.7 Å². The van der Waals surface area contributed by atoms with E-state index in [9.17, 15) is 18.0 Å². The largest absolute Gasteiger partial charge is 0.350 e. The Morgan fingerprint density at radius 1 is 0.925 bits per heavy atom. The maximum atomic E-state index is 14.0. The summed E-state index contributed by atoms with van der Waals surface area (Å²) in [5.74, 6) is -1.03. The van der Waals surface area contributed by atoms with Crippen LogP contribution in [0.2, 0.25) is 15.1 Å². The number of amides is 2. The van der Waals surface area contributed by atoms with Crippen molar-refractivity contribution in [3.63, 3.8) is 0 Å². The van der Waals surface area contributed by atoms with Crippen LogP contribution in [0.1, 0.15) is 38.8 Å². The molecule has 3 rings (SSSR count). The number of para-hydroxylation sites is 1. The fourth-order valence-corrected chi connectivity index (χ4v) is 6.08. The van der Waals surface area contributed by atoms with Gasteiger partial charge in [-0.15, -0.1) is 0 Å². The number of rotatable bonds is 9. The van der Waals surface area contributed by atoms with Crippen molar-refractivity contribution >= 4 is 62.3 Å². The van der Waals surface area contributed by atoms with Crippen molar-refractivity contribution in [3.8, 4) is 0 Å². The fraction of sp³-hybridized carbons (Fsp3) is 0.310. The van der Waals surface area contributed by atoms with Crippen LogP contribution >= 0.6 is 34.8 Å². The van der Waals surface area contributed by atoms with E-state index in [1.807, 2.05) is 27.7 Å². The first kappa shape index (κ1) is 31.7. The van der Waals surface area contributed by atoms with Crippen LogP contribution in [0.25, 0.3) is 0 Å². The Morgan fingerprint density at radius 3 is 2.12 bits per heavy atom. The first-order valence-corrected chi connectivity index (χ1v) is 15.1. The van der Waals surface area contributed by atoms with Crippen molar-refractivity contribution in [1.29, 1.82) is 0 Å². The van der Waals surface area contributed by atoms with Crippen LogP contribution in [0.4, 0.5) is 5.69 Å². The third-order valence-electron chi connectivity index (χ3n) is 6.03. The lowest BCUT2D eigenvalue weighted by Gasteiger charge is -2.33. The van der Waals surface area contributed by atoms with E-state index in [-0.39, 0.29) is 22.2 Å². The van der Waals surface area contributed by atoms with Crippen molar-refractivity contribution < 1.29 is 18.0 Å². The van der Waals surface area contributed by atoms with Gasteiger partial charge in [-0.3, -0.25) is 13.9 Å². The van der Waals surface area contributed by atoms with E-state index < -0.39 is 40.0 Å². The summed E-state index contributed by atoms with van der Waals surface area (Å²) in [5.41, 5.74) is 0.995. The molecule has 0 unspecified atom stereocenters. The highest BCUT2D eigenvalue weighted by molar-refractivity contribution is 7.92. The number of carbonyl (C=O) groups excluding carboxylic acids is 2. The number of benzene rings is 3. The van der Waals surface area contributed by atoms with Gasteiger partial charge >= 0.3 is 0 Å². The molecule has 3 aromatic carbocycles. The molecule has 0 bridgehead atoms. The fourth-order valence-electron chi connectivity index (χ4n) is 3.89. The topological polar surface area (TPSA) is 86.8 Å². The van der Waals surface area contributed by atoms with Crippen LogP contribution in [0.3, 0.4) is 0 Å². The average Bonchev–Trinajstić information content (AvgIpc) is 2.86. The predicted molar refractivity (Wildman–Crippen MR) is 162 cm³/mol. The number of anilines is 1. The van der Waals surface area contributed by atoms with E-state index in [4.69, 9.17) is 34.8 Å². The van der Waals surface area contributed by atoms with Crippen LogP contribution in [0.5, 0.6) is 0 Å². The minimum absolute atomic E-state index is 0.00311. The normalized spacial score (nSPS) is 12.5. The monoisotopic (exact) mass is 623 g/mol. The second-order valence-electron chi connectivity index (χ2n) is 10.4. The highest BCUT2D eigenvalue weighted by Crippen LogP contribution is 2.31. The smallest absolute Gasteiger partial charge is 0.264 e. The third-order valence-corrected chi connectivity index (χ3v) is 8.71. The lowest BCUT2D eigenvalue weighted by Crippen LogP contribution is -2.54. The second-order valence-corrected chi connectivity index (χ2v) is 13.6. The Kier molecular flexibility index (Phi) is 10.2. The van der Waals surface area contributed by atoms with E-state index in [0.29, 0.717) is 15.6 Å². The Hall–Kier alpha value is -2.78. The summed E-state index contributed by atoms with van der Waals surface area (Å²) in [5, 5.41) is 3.75. The van der Waals surface area contributed by atoms with Crippen LogP contribution in [0.15, 0.2) is 71.6 Å². The van der Waals surface area contributed by atoms with Gasteiger partial charge in [-0.25, -0.2) is 8.42 Å². The zero-order chi connectivity index (χ0) is 29.8. The molecule has 1 N–H and O–H groups in total. The average molecular weight is 625 g/mol. The molecule has 2 amide bonds. The van der Waals surface area contributed by atoms with Crippen molar-refractivity contribution in [1.82, 2.24) is 10.2 Å². The lowest BCUT2D eigenvalue weighted by molar-refractivity contribution is -0.140. The highest BCUT2D eigenvalue weighted by atomic mass is 35.5. The van der Waals surface area contributed by atoms with Gasteiger partial charge in [0.2, 0.25) is 11.8 Å². The van der Waals surface area contributed by atoms with Crippen LogP contribution in [0, 0.1) is 6.92 Å². The van der Waals surface area contributed by atoms with Gasteiger partial charge in [0.1, 0.15) is 12.6 Å². The zero-order valence-corrected chi connectivity index (χ0v) is 26.0. The highest BCUT2D eigenvalue weighted by Gasteiger charge is 2.34. The maximum absolute atomic E-state index is 14.0. The molecule has 0 aliphatic carbocycles. The van der Waals surface area contributed by atoms with Crippen LogP contribution in [-0.2, 0) is 26.2 Å². The number of hydrogen-bond acceptors (Lipinski definition) is 4. The van der Waals surface area contributed by atoms with Gasteiger partial charge in [0.25, 0.3) is 10.0 Å². The van der Waals surface area contributed by atoms with E-state index in [2.05, 4.69) is 5.32 Å². The molecule has 0 radical (unpaired) electrons. The summed E-state index contributed by atoms with van der Waals surface area (Å²) < 4.78 is 28.7. The van der Waals surface area contributed by atoms with E-state index in [1.54, 1.807) is 55.5 Å². The van der Waals surface area contributed by atoms with E-state index in [1.165, 1.54) is 23.1 Å². The van der Waals surface area contributed by atoms with Crippen molar-refractivity contribution in [2.75, 3.05) is 10.8 Å². The van der Waals surface area contributed by atoms with Crippen molar-refractivity contribution in [2.45, 2.75) is 57.6 Å². The molecule has 40 heavy (non-hydrogen) atoms. The number of sulfonamides is 1. The maximum Gasteiger partial charge on any atom is 0.264 e. The summed E-state index contributed by atoms with van der Waals surface area (Å²) in [4.78, 5) is 28.5. The quantitative estimate of drug-likeness (QED) is 0.295. The standard InChI is InChI=1S/C29H32Cl3N3O4S/c1-19-10-14-23(15-11-19)40(38,39)35(26-9-7-6-8-24(26)31)18-27(36)34(20(2)28(37)33-29(3,4)5)17-21-12-13-22(30)16-25(21)32/h6-16,20H,17-18H2,1-5H3,(H,33,37)/t20-/m0/s1. The Bertz CT molecular complexity index is 1490. The molecular formula is C29H32Cl3N3O4S. The number of aryl methyl sites for hydroxylation is 1. The predicted octanol–water partition coefficient (Wildman–Crippen LogP) is 6.48. The SMILES string of the molecule is Cc1ccc(S(=O)(=O)N(CC(=O)N(Cc2ccc(Cl)cc2Cl)[C@@H](C)C(=O)NC(C)(C)C)c2ccccc2Cl)cc1. The summed E-state index contributed by atoms with van der Waals surface area (Å²) in [7, 11) is -4.23. The van der Waals surface area contributed by atoms with Gasteiger partial charge in [0.15, 0.2) is 0 Å². The Labute approximate surface area is 251 Å². The van der Waals surface area contributed by atoms with Crippen molar-refractivity contribution in [2.24, 2.45) is 0 Å². The number of carbonyl (C=O) groups is 2. The molecule has 214 valence electrons. The van der Waals surface area contributed by atoms with Gasteiger partial charge < -0.3 is 10.2 Å². The minimum Gasteiger partial charge on any atom is -0.350 e. The second kappa shape index (κ2) is 12.8. The molecule has 0 saturated carbocycles. The van der Waals surface area contributed by atoms with Gasteiger partial charge in [0, 0.05) is 22.1 Å². The third kappa shape index (κ3) is 7.91. The number of halogens is 3. The molecule has 3 aromatic rings. The first-order chi connectivity index (χ1) is 18.6. The lowest BCUT2D eigenvalue weighted by atomic mass is 10.1. The van der Waals surface area contributed by atoms with Crippen molar-refractivity contribution in [3.05, 3.63) is 92.9 Å². The molecule has 0 aliphatic heterocycles. The molecule has 0 saturated heterocycles. The molecule has 0 spiro atoms. The molecule has 1 atom stereocenters. The molecule has 0 heterocycles.